The number of ether oxygens (including phenoxy) is 1. The Bertz CT molecular complexity index is 1410. The maximum absolute atomic E-state index is 13.2. The van der Waals surface area contributed by atoms with Crippen molar-refractivity contribution < 1.29 is 22.7 Å². The number of sulfone groups is 1. The van der Waals surface area contributed by atoms with Crippen molar-refractivity contribution in [1.82, 2.24) is 14.7 Å². The number of methoxy groups -OCH3 is 1. The summed E-state index contributed by atoms with van der Waals surface area (Å²) in [6.07, 6.45) is 4.69. The fraction of sp³-hybridized carbons (Fsp3) is 0.346. The molecule has 3 aromatic rings. The molecule has 1 aliphatic carbocycles. The van der Waals surface area contributed by atoms with E-state index in [9.17, 15) is 18.0 Å². The molecule has 1 saturated carbocycles. The first-order valence-electron chi connectivity index (χ1n) is 11.8. The number of carbonyl (C=O) groups excluding carboxylic acids is 2. The molecule has 1 N–H and O–H groups in total. The van der Waals surface area contributed by atoms with Crippen molar-refractivity contribution >= 4 is 27.3 Å². The summed E-state index contributed by atoms with van der Waals surface area (Å²) in [5, 5.41) is 6.84. The molecular formula is C26H28N4O5S. The van der Waals surface area contributed by atoms with Gasteiger partial charge < -0.3 is 15.0 Å². The molecule has 188 valence electrons. The molecule has 2 amide bonds. The monoisotopic (exact) mass is 508 g/mol. The first-order chi connectivity index (χ1) is 17.2. The van der Waals surface area contributed by atoms with Gasteiger partial charge in [-0.2, -0.15) is 5.10 Å². The van der Waals surface area contributed by atoms with Gasteiger partial charge in [-0.1, -0.05) is 12.1 Å². The molecule has 2 heterocycles. The molecule has 1 aliphatic heterocycles. The third-order valence-corrected chi connectivity index (χ3v) is 7.85. The second-order valence-corrected chi connectivity index (χ2v) is 11.4. The molecule has 36 heavy (non-hydrogen) atoms. The molecular weight excluding hydrogens is 480 g/mol. The number of benzene rings is 2. The van der Waals surface area contributed by atoms with Gasteiger partial charge in [0, 0.05) is 42.9 Å². The van der Waals surface area contributed by atoms with Gasteiger partial charge >= 0.3 is 0 Å². The molecule has 2 aromatic carbocycles. The van der Waals surface area contributed by atoms with Gasteiger partial charge in [0.1, 0.15) is 11.4 Å². The van der Waals surface area contributed by atoms with Crippen molar-refractivity contribution in [3.05, 3.63) is 65.9 Å². The largest absolute Gasteiger partial charge is 0.497 e. The van der Waals surface area contributed by atoms with Gasteiger partial charge in [-0.15, -0.1) is 0 Å². The van der Waals surface area contributed by atoms with Crippen molar-refractivity contribution in [2.24, 2.45) is 0 Å². The van der Waals surface area contributed by atoms with Gasteiger partial charge in [0.2, 0.25) is 5.91 Å². The van der Waals surface area contributed by atoms with E-state index in [-0.39, 0.29) is 22.0 Å². The number of hydrogen-bond donors (Lipinski definition) is 1. The van der Waals surface area contributed by atoms with E-state index < -0.39 is 15.7 Å². The molecule has 0 unspecified atom stereocenters. The van der Waals surface area contributed by atoms with Crippen LogP contribution in [0.2, 0.25) is 0 Å². The van der Waals surface area contributed by atoms with Crippen LogP contribution in [0.15, 0.2) is 59.6 Å². The normalized spacial score (nSPS) is 16.7. The predicted octanol–water partition coefficient (Wildman–Crippen LogP) is 3.19. The Kier molecular flexibility index (Phi) is 6.07. The average Bonchev–Trinajstić information content (AvgIpc) is 3.30. The van der Waals surface area contributed by atoms with Crippen LogP contribution in [0.5, 0.6) is 5.75 Å². The van der Waals surface area contributed by atoms with Crippen molar-refractivity contribution in [3.63, 3.8) is 0 Å². The SMILES string of the molecule is COc1ccc(-n2nc(S(C)(=O)=O)cc2C(=O)Nc2ccc(C3(CN4CCCC4=O)CC3)cc2)cc1. The van der Waals surface area contributed by atoms with E-state index in [0.717, 1.165) is 44.2 Å². The van der Waals surface area contributed by atoms with E-state index in [1.165, 1.54) is 10.7 Å². The van der Waals surface area contributed by atoms with Gasteiger partial charge in [-0.3, -0.25) is 9.59 Å². The van der Waals surface area contributed by atoms with Crippen LogP contribution in [0.4, 0.5) is 5.69 Å². The first kappa shape index (κ1) is 24.1. The smallest absolute Gasteiger partial charge is 0.274 e. The Hall–Kier alpha value is -3.66. The Morgan fingerprint density at radius 3 is 2.36 bits per heavy atom. The summed E-state index contributed by atoms with van der Waals surface area (Å²) in [5.74, 6) is 0.375. The number of nitrogens with one attached hydrogen (secondary N) is 1. The number of aromatic nitrogens is 2. The summed E-state index contributed by atoms with van der Waals surface area (Å²) < 4.78 is 30.8. The highest BCUT2D eigenvalue weighted by atomic mass is 32.2. The molecule has 2 fully saturated rings. The molecule has 0 bridgehead atoms. The van der Waals surface area contributed by atoms with Gasteiger partial charge in [-0.25, -0.2) is 13.1 Å². The number of nitrogens with zero attached hydrogens (tertiary/aromatic N) is 3. The Morgan fingerprint density at radius 2 is 1.81 bits per heavy atom. The van der Waals surface area contributed by atoms with Crippen molar-refractivity contribution in [2.45, 2.75) is 36.1 Å². The van der Waals surface area contributed by atoms with Crippen molar-refractivity contribution in [3.8, 4) is 11.4 Å². The van der Waals surface area contributed by atoms with Crippen molar-refractivity contribution in [2.75, 3.05) is 31.8 Å². The van der Waals surface area contributed by atoms with E-state index in [0.29, 0.717) is 23.5 Å². The maximum atomic E-state index is 13.2. The fourth-order valence-electron chi connectivity index (χ4n) is 4.65. The summed E-state index contributed by atoms with van der Waals surface area (Å²) in [4.78, 5) is 27.2. The summed E-state index contributed by atoms with van der Waals surface area (Å²) in [7, 11) is -2.08. The van der Waals surface area contributed by atoms with Crippen LogP contribution in [-0.4, -0.2) is 61.4 Å². The molecule has 0 radical (unpaired) electrons. The molecule has 1 aromatic heterocycles. The van der Waals surface area contributed by atoms with Crippen LogP contribution < -0.4 is 10.1 Å². The number of carbonyl (C=O) groups is 2. The highest BCUT2D eigenvalue weighted by Crippen LogP contribution is 2.49. The Balaban J connectivity index is 1.36. The minimum Gasteiger partial charge on any atom is -0.497 e. The van der Waals surface area contributed by atoms with Gasteiger partial charge in [0.05, 0.1) is 12.8 Å². The fourth-order valence-corrected chi connectivity index (χ4v) is 5.21. The molecule has 5 rings (SSSR count). The van der Waals surface area contributed by atoms with E-state index in [1.54, 1.807) is 31.4 Å². The number of anilines is 1. The van der Waals surface area contributed by atoms with Gasteiger partial charge in [-0.05, 0) is 61.2 Å². The lowest BCUT2D eigenvalue weighted by atomic mass is 9.95. The number of amides is 2. The minimum absolute atomic E-state index is 0.0000880. The molecule has 0 atom stereocenters. The van der Waals surface area contributed by atoms with E-state index in [4.69, 9.17) is 4.74 Å². The summed E-state index contributed by atoms with van der Waals surface area (Å²) in [5.41, 5.74) is 2.36. The van der Waals surface area contributed by atoms with Crippen LogP contribution in [0.25, 0.3) is 5.69 Å². The standard InChI is InChI=1S/C26H28N4O5S/c1-35-21-11-9-20(10-12-21)30-22(16-23(28-30)36(2,33)34)25(32)27-19-7-5-18(6-8-19)26(13-14-26)17-29-15-3-4-24(29)31/h5-12,16H,3-4,13-15,17H2,1-2H3,(H,27,32). The van der Waals surface area contributed by atoms with Crippen LogP contribution >= 0.6 is 0 Å². The number of likely N-dealkylation sites (tertiary alicyclic amines) is 1. The third-order valence-electron chi connectivity index (χ3n) is 6.89. The lowest BCUT2D eigenvalue weighted by molar-refractivity contribution is -0.128. The first-order valence-corrected chi connectivity index (χ1v) is 13.7. The van der Waals surface area contributed by atoms with Crippen LogP contribution in [0.3, 0.4) is 0 Å². The van der Waals surface area contributed by atoms with Gasteiger partial charge in [0.15, 0.2) is 14.9 Å². The topological polar surface area (TPSA) is 111 Å². The highest BCUT2D eigenvalue weighted by Gasteiger charge is 2.46. The molecule has 9 nitrogen and oxygen atoms in total. The van der Waals surface area contributed by atoms with Crippen LogP contribution in [0.1, 0.15) is 41.7 Å². The number of rotatable bonds is 8. The quantitative estimate of drug-likeness (QED) is 0.500. The summed E-state index contributed by atoms with van der Waals surface area (Å²) in [6.45, 7) is 1.57. The van der Waals surface area contributed by atoms with Crippen LogP contribution in [0, 0.1) is 0 Å². The van der Waals surface area contributed by atoms with Crippen molar-refractivity contribution in [1.29, 1.82) is 0 Å². The summed E-state index contributed by atoms with van der Waals surface area (Å²) in [6, 6.07) is 15.7. The van der Waals surface area contributed by atoms with E-state index in [1.807, 2.05) is 29.2 Å². The van der Waals surface area contributed by atoms with Gasteiger partial charge in [0.25, 0.3) is 5.91 Å². The lowest BCUT2D eigenvalue weighted by Gasteiger charge is -2.24. The molecule has 10 heteroatoms. The van der Waals surface area contributed by atoms with E-state index >= 15 is 0 Å². The number of hydrogen-bond acceptors (Lipinski definition) is 6. The average molecular weight is 509 g/mol. The van der Waals surface area contributed by atoms with Crippen LogP contribution in [-0.2, 0) is 20.0 Å². The highest BCUT2D eigenvalue weighted by molar-refractivity contribution is 7.90. The predicted molar refractivity (Wildman–Crippen MR) is 134 cm³/mol. The zero-order valence-corrected chi connectivity index (χ0v) is 21.0. The Morgan fingerprint density at radius 1 is 1.11 bits per heavy atom. The second-order valence-electron chi connectivity index (χ2n) is 9.48. The molecule has 2 aliphatic rings. The Labute approximate surface area is 210 Å². The minimum atomic E-state index is -3.63. The third kappa shape index (κ3) is 4.73. The lowest BCUT2D eigenvalue weighted by Crippen LogP contribution is -2.33. The second kappa shape index (κ2) is 9.09. The maximum Gasteiger partial charge on any atom is 0.274 e. The molecule has 0 spiro atoms. The zero-order valence-electron chi connectivity index (χ0n) is 20.2. The zero-order chi connectivity index (χ0) is 25.5. The molecule has 1 saturated heterocycles. The summed E-state index contributed by atoms with van der Waals surface area (Å²) >= 11 is 0. The van der Waals surface area contributed by atoms with E-state index in [2.05, 4.69) is 10.4 Å².